The molecule has 2 spiro atoms. The molecule has 5 nitrogen and oxygen atoms in total. The lowest BCUT2D eigenvalue weighted by molar-refractivity contribution is -0.119. The molecule has 1 N–H and O–H groups in total. The lowest BCUT2D eigenvalue weighted by Gasteiger charge is -2.20. The Bertz CT molecular complexity index is 975. The van der Waals surface area contributed by atoms with Crippen LogP contribution >= 0.6 is 0 Å². The van der Waals surface area contributed by atoms with E-state index < -0.39 is 11.0 Å². The predicted molar refractivity (Wildman–Crippen MR) is 84.7 cm³/mol. The standard InChI is InChI=1S/C19H13NO4/c21-16-10-7-12-15(8-14(10)24-18(16)5-6-18)23-9-19(12)11-3-1-2-4-13(11)20-17(19)22/h1-4,7-8H,5-6,9H2,(H,20,22). The molecule has 1 saturated carbocycles. The van der Waals surface area contributed by atoms with Gasteiger partial charge in [-0.15, -0.1) is 0 Å². The predicted octanol–water partition coefficient (Wildman–Crippen LogP) is 2.42. The number of ether oxygens (including phenoxy) is 2. The van der Waals surface area contributed by atoms with Gasteiger partial charge in [0.25, 0.3) is 0 Å². The van der Waals surface area contributed by atoms with Crippen molar-refractivity contribution in [1.29, 1.82) is 0 Å². The van der Waals surface area contributed by atoms with E-state index in [0.29, 0.717) is 17.1 Å². The number of benzene rings is 2. The normalized spacial score (nSPS) is 26.7. The smallest absolute Gasteiger partial charge is 0.243 e. The molecule has 3 aliphatic heterocycles. The van der Waals surface area contributed by atoms with Gasteiger partial charge in [-0.25, -0.2) is 0 Å². The van der Waals surface area contributed by atoms with E-state index >= 15 is 0 Å². The Labute approximate surface area is 137 Å². The summed E-state index contributed by atoms with van der Waals surface area (Å²) in [7, 11) is 0. The maximum atomic E-state index is 12.8. The first kappa shape index (κ1) is 12.6. The molecule has 0 aromatic heterocycles. The van der Waals surface area contributed by atoms with Crippen LogP contribution in [0.2, 0.25) is 0 Å². The van der Waals surface area contributed by atoms with Crippen molar-refractivity contribution in [2.24, 2.45) is 0 Å². The Hall–Kier alpha value is -2.82. The van der Waals surface area contributed by atoms with E-state index in [9.17, 15) is 9.59 Å². The highest BCUT2D eigenvalue weighted by atomic mass is 16.5. The van der Waals surface area contributed by atoms with Crippen LogP contribution in [0.5, 0.6) is 11.5 Å². The molecule has 1 unspecified atom stereocenters. The average Bonchev–Trinajstić information content (AvgIpc) is 3.08. The van der Waals surface area contributed by atoms with Crippen molar-refractivity contribution >= 4 is 17.4 Å². The minimum Gasteiger partial charge on any atom is -0.491 e. The van der Waals surface area contributed by atoms with E-state index in [2.05, 4.69) is 5.32 Å². The molecule has 0 radical (unpaired) electrons. The van der Waals surface area contributed by atoms with E-state index in [1.54, 1.807) is 6.07 Å². The van der Waals surface area contributed by atoms with Crippen LogP contribution in [0.3, 0.4) is 0 Å². The number of nitrogens with one attached hydrogen (secondary N) is 1. The van der Waals surface area contributed by atoms with Crippen molar-refractivity contribution < 1.29 is 19.1 Å². The summed E-state index contributed by atoms with van der Waals surface area (Å²) in [6, 6.07) is 11.2. The summed E-state index contributed by atoms with van der Waals surface area (Å²) in [6.07, 6.45) is 1.53. The van der Waals surface area contributed by atoms with Crippen LogP contribution in [0.15, 0.2) is 36.4 Å². The third-order valence-electron chi connectivity index (χ3n) is 5.68. The second kappa shape index (κ2) is 3.64. The summed E-state index contributed by atoms with van der Waals surface area (Å²) in [5, 5.41) is 2.94. The fraction of sp³-hybridized carbons (Fsp3) is 0.263. The maximum Gasteiger partial charge on any atom is 0.243 e. The second-order valence-electron chi connectivity index (χ2n) is 6.96. The Morgan fingerprint density at radius 2 is 1.83 bits per heavy atom. The molecule has 1 fully saturated rings. The number of carbonyl (C=O) groups excluding carboxylic acids is 2. The molecule has 1 amide bonds. The van der Waals surface area contributed by atoms with Gasteiger partial charge >= 0.3 is 0 Å². The second-order valence-corrected chi connectivity index (χ2v) is 6.96. The number of rotatable bonds is 0. The molecule has 6 rings (SSSR count). The van der Waals surface area contributed by atoms with Gasteiger partial charge in [-0.2, -0.15) is 0 Å². The fourth-order valence-electron chi connectivity index (χ4n) is 4.21. The quantitative estimate of drug-likeness (QED) is 0.810. The van der Waals surface area contributed by atoms with E-state index in [1.807, 2.05) is 30.3 Å². The number of carbonyl (C=O) groups is 2. The summed E-state index contributed by atoms with van der Waals surface area (Å²) >= 11 is 0. The van der Waals surface area contributed by atoms with Gasteiger partial charge in [-0.1, -0.05) is 18.2 Å². The van der Waals surface area contributed by atoms with Gasteiger partial charge in [-0.3, -0.25) is 9.59 Å². The highest BCUT2D eigenvalue weighted by Gasteiger charge is 2.60. The van der Waals surface area contributed by atoms with Crippen LogP contribution < -0.4 is 14.8 Å². The molecule has 5 heteroatoms. The van der Waals surface area contributed by atoms with Crippen molar-refractivity contribution in [2.75, 3.05) is 11.9 Å². The van der Waals surface area contributed by atoms with E-state index in [-0.39, 0.29) is 18.3 Å². The molecule has 1 aliphatic carbocycles. The number of Topliss-reactive ketones (excluding diaryl/α,β-unsaturated/α-hetero) is 1. The van der Waals surface area contributed by atoms with Gasteiger partial charge < -0.3 is 14.8 Å². The first-order valence-electron chi connectivity index (χ1n) is 8.10. The number of hydrogen-bond acceptors (Lipinski definition) is 4. The molecular formula is C19H13NO4. The fourth-order valence-corrected chi connectivity index (χ4v) is 4.21. The lowest BCUT2D eigenvalue weighted by Crippen LogP contribution is -2.37. The van der Waals surface area contributed by atoms with E-state index in [0.717, 1.165) is 29.7 Å². The highest BCUT2D eigenvalue weighted by Crippen LogP contribution is 2.55. The Kier molecular flexibility index (Phi) is 1.91. The number of hydrogen-bond donors (Lipinski definition) is 1. The van der Waals surface area contributed by atoms with Crippen LogP contribution in [0, 0.1) is 0 Å². The van der Waals surface area contributed by atoms with Crippen LogP contribution in [-0.4, -0.2) is 23.9 Å². The number of anilines is 1. The summed E-state index contributed by atoms with van der Waals surface area (Å²) in [5.41, 5.74) is 1.54. The molecule has 0 saturated heterocycles. The number of para-hydroxylation sites is 1. The molecule has 24 heavy (non-hydrogen) atoms. The van der Waals surface area contributed by atoms with Crippen LogP contribution in [-0.2, 0) is 10.2 Å². The zero-order valence-corrected chi connectivity index (χ0v) is 12.7. The molecule has 1 atom stereocenters. The molecule has 2 aromatic carbocycles. The zero-order chi connectivity index (χ0) is 16.1. The first-order chi connectivity index (χ1) is 11.6. The third kappa shape index (κ3) is 1.22. The number of fused-ring (bicyclic) bond motifs is 5. The zero-order valence-electron chi connectivity index (χ0n) is 12.7. The summed E-state index contributed by atoms with van der Waals surface area (Å²) in [5.74, 6) is 1.15. The highest BCUT2D eigenvalue weighted by molar-refractivity contribution is 6.12. The van der Waals surface area contributed by atoms with Gasteiger partial charge in [-0.05, 0) is 30.5 Å². The maximum absolute atomic E-state index is 12.8. The summed E-state index contributed by atoms with van der Waals surface area (Å²) < 4.78 is 11.7. The monoisotopic (exact) mass is 319 g/mol. The van der Waals surface area contributed by atoms with Crippen molar-refractivity contribution in [1.82, 2.24) is 0 Å². The molecule has 118 valence electrons. The minimum atomic E-state index is -0.874. The summed E-state index contributed by atoms with van der Waals surface area (Å²) in [6.45, 7) is 0.243. The topological polar surface area (TPSA) is 64.6 Å². The molecule has 2 aromatic rings. The number of amides is 1. The average molecular weight is 319 g/mol. The SMILES string of the molecule is O=C1c2cc3c(cc2OC12CC2)OCC31C(=O)Nc2ccccc21. The van der Waals surface area contributed by atoms with Crippen LogP contribution in [0.25, 0.3) is 0 Å². The third-order valence-corrected chi connectivity index (χ3v) is 5.68. The van der Waals surface area contributed by atoms with Crippen molar-refractivity contribution in [3.8, 4) is 11.5 Å². The van der Waals surface area contributed by atoms with Gasteiger partial charge in [0.05, 0.1) is 5.56 Å². The van der Waals surface area contributed by atoms with E-state index in [4.69, 9.17) is 9.47 Å². The Morgan fingerprint density at radius 3 is 2.67 bits per heavy atom. The van der Waals surface area contributed by atoms with Gasteiger partial charge in [0.1, 0.15) is 23.5 Å². The van der Waals surface area contributed by atoms with Crippen molar-refractivity contribution in [3.05, 3.63) is 53.1 Å². The van der Waals surface area contributed by atoms with Crippen LogP contribution in [0.4, 0.5) is 5.69 Å². The molecule has 4 aliphatic rings. The molecular weight excluding hydrogens is 306 g/mol. The molecule has 0 bridgehead atoms. The van der Waals surface area contributed by atoms with Crippen molar-refractivity contribution in [2.45, 2.75) is 23.9 Å². The Balaban J connectivity index is 1.60. The first-order valence-corrected chi connectivity index (χ1v) is 8.10. The van der Waals surface area contributed by atoms with Gasteiger partial charge in [0.15, 0.2) is 5.60 Å². The minimum absolute atomic E-state index is 0.0361. The number of ketones is 1. The van der Waals surface area contributed by atoms with E-state index in [1.165, 1.54) is 0 Å². The van der Waals surface area contributed by atoms with Gasteiger partial charge in [0.2, 0.25) is 11.7 Å². The Morgan fingerprint density at radius 1 is 1.00 bits per heavy atom. The van der Waals surface area contributed by atoms with Crippen LogP contribution in [0.1, 0.15) is 34.3 Å². The lowest BCUT2D eigenvalue weighted by atomic mass is 9.76. The van der Waals surface area contributed by atoms with Gasteiger partial charge in [0, 0.05) is 17.3 Å². The summed E-state index contributed by atoms with van der Waals surface area (Å²) in [4.78, 5) is 25.5. The largest absolute Gasteiger partial charge is 0.491 e. The molecule has 3 heterocycles. The van der Waals surface area contributed by atoms with Crippen molar-refractivity contribution in [3.63, 3.8) is 0 Å².